The van der Waals surface area contributed by atoms with Crippen molar-refractivity contribution in [2.24, 2.45) is 0 Å². The monoisotopic (exact) mass is 325 g/mol. The van der Waals surface area contributed by atoms with Gasteiger partial charge >= 0.3 is 0 Å². The van der Waals surface area contributed by atoms with Gasteiger partial charge < -0.3 is 0 Å². The predicted molar refractivity (Wildman–Crippen MR) is 76.2 cm³/mol. The molecule has 0 saturated heterocycles. The van der Waals surface area contributed by atoms with Gasteiger partial charge in [-0.2, -0.15) is 0 Å². The molecule has 18 heavy (non-hydrogen) atoms. The van der Waals surface area contributed by atoms with Gasteiger partial charge in [0.05, 0.1) is 4.47 Å². The first-order chi connectivity index (χ1) is 8.74. The SMILES string of the molecule is Fc1cccc(CN2CCc3sccc3C2)c1Br. The van der Waals surface area contributed by atoms with Crippen LogP contribution in [-0.4, -0.2) is 11.4 Å². The van der Waals surface area contributed by atoms with Gasteiger partial charge in [0.15, 0.2) is 0 Å². The maximum Gasteiger partial charge on any atom is 0.137 e. The third-order valence-corrected chi connectivity index (χ3v) is 5.22. The van der Waals surface area contributed by atoms with Gasteiger partial charge in [-0.25, -0.2) is 4.39 Å². The van der Waals surface area contributed by atoms with Crippen molar-refractivity contribution in [3.63, 3.8) is 0 Å². The predicted octanol–water partition coefficient (Wildman–Crippen LogP) is 4.21. The van der Waals surface area contributed by atoms with Gasteiger partial charge in [-0.05, 0) is 51.0 Å². The lowest BCUT2D eigenvalue weighted by Crippen LogP contribution is -2.29. The largest absolute Gasteiger partial charge is 0.294 e. The van der Waals surface area contributed by atoms with Crippen molar-refractivity contribution in [2.45, 2.75) is 19.5 Å². The van der Waals surface area contributed by atoms with Crippen LogP contribution in [0.3, 0.4) is 0 Å². The van der Waals surface area contributed by atoms with Gasteiger partial charge in [0.1, 0.15) is 5.82 Å². The van der Waals surface area contributed by atoms with Crippen molar-refractivity contribution in [1.29, 1.82) is 0 Å². The molecule has 1 aliphatic rings. The Bertz CT molecular complexity index is 567. The molecule has 0 N–H and O–H groups in total. The molecule has 0 unspecified atom stereocenters. The molecule has 1 aliphatic heterocycles. The molecule has 0 atom stereocenters. The molecule has 0 fully saturated rings. The van der Waals surface area contributed by atoms with Gasteiger partial charge in [-0.3, -0.25) is 4.90 Å². The van der Waals surface area contributed by atoms with E-state index in [4.69, 9.17) is 0 Å². The van der Waals surface area contributed by atoms with Gasteiger partial charge in [0.25, 0.3) is 0 Å². The van der Waals surface area contributed by atoms with Crippen LogP contribution in [0.4, 0.5) is 4.39 Å². The van der Waals surface area contributed by atoms with E-state index in [-0.39, 0.29) is 5.82 Å². The van der Waals surface area contributed by atoms with E-state index in [1.165, 1.54) is 16.5 Å². The molecule has 1 aromatic carbocycles. The summed E-state index contributed by atoms with van der Waals surface area (Å²) in [4.78, 5) is 3.87. The lowest BCUT2D eigenvalue weighted by atomic mass is 10.1. The zero-order valence-corrected chi connectivity index (χ0v) is 12.2. The quantitative estimate of drug-likeness (QED) is 0.799. The number of hydrogen-bond donors (Lipinski definition) is 0. The summed E-state index contributed by atoms with van der Waals surface area (Å²) in [6, 6.07) is 7.44. The highest BCUT2D eigenvalue weighted by molar-refractivity contribution is 9.10. The molecule has 94 valence electrons. The minimum absolute atomic E-state index is 0.180. The lowest BCUT2D eigenvalue weighted by molar-refractivity contribution is 0.246. The number of fused-ring (bicyclic) bond motifs is 1. The van der Waals surface area contributed by atoms with Gasteiger partial charge in [-0.1, -0.05) is 12.1 Å². The molecule has 0 saturated carbocycles. The smallest absolute Gasteiger partial charge is 0.137 e. The highest BCUT2D eigenvalue weighted by Gasteiger charge is 2.18. The third-order valence-electron chi connectivity index (χ3n) is 3.31. The summed E-state index contributed by atoms with van der Waals surface area (Å²) in [6.45, 7) is 2.83. The molecule has 2 aromatic rings. The zero-order chi connectivity index (χ0) is 12.5. The van der Waals surface area contributed by atoms with Gasteiger partial charge in [0, 0.05) is 24.5 Å². The first-order valence-electron chi connectivity index (χ1n) is 5.94. The van der Waals surface area contributed by atoms with E-state index in [1.807, 2.05) is 17.4 Å². The third kappa shape index (κ3) is 2.37. The van der Waals surface area contributed by atoms with Crippen molar-refractivity contribution in [3.05, 3.63) is 55.9 Å². The molecule has 1 aromatic heterocycles. The van der Waals surface area contributed by atoms with E-state index in [2.05, 4.69) is 32.3 Å². The molecule has 3 rings (SSSR count). The molecule has 4 heteroatoms. The average Bonchev–Trinajstić information content (AvgIpc) is 2.82. The molecule has 0 bridgehead atoms. The molecular formula is C14H13BrFNS. The van der Waals surface area contributed by atoms with E-state index in [1.54, 1.807) is 6.07 Å². The summed E-state index contributed by atoms with van der Waals surface area (Å²) in [5, 5.41) is 2.16. The van der Waals surface area contributed by atoms with Crippen LogP contribution in [0.25, 0.3) is 0 Å². The molecule has 0 radical (unpaired) electrons. The summed E-state index contributed by atoms with van der Waals surface area (Å²) in [5.41, 5.74) is 2.45. The Morgan fingerprint density at radius 1 is 1.33 bits per heavy atom. The number of hydrogen-bond acceptors (Lipinski definition) is 2. The van der Waals surface area contributed by atoms with Crippen LogP contribution >= 0.6 is 27.3 Å². The molecule has 0 amide bonds. The summed E-state index contributed by atoms with van der Waals surface area (Å²) in [7, 11) is 0. The molecular weight excluding hydrogens is 313 g/mol. The Labute approximate surface area is 118 Å². The van der Waals surface area contributed by atoms with Crippen molar-refractivity contribution >= 4 is 27.3 Å². The minimum Gasteiger partial charge on any atom is -0.294 e. The van der Waals surface area contributed by atoms with Crippen LogP contribution in [0, 0.1) is 5.82 Å². The summed E-state index contributed by atoms with van der Waals surface area (Å²) in [6.07, 6.45) is 1.11. The minimum atomic E-state index is -0.180. The maximum absolute atomic E-state index is 13.5. The summed E-state index contributed by atoms with van der Waals surface area (Å²) >= 11 is 5.17. The zero-order valence-electron chi connectivity index (χ0n) is 9.83. The van der Waals surface area contributed by atoms with E-state index in [9.17, 15) is 4.39 Å². The van der Waals surface area contributed by atoms with E-state index in [0.717, 1.165) is 31.6 Å². The number of nitrogens with zero attached hydrogens (tertiary/aromatic N) is 1. The van der Waals surface area contributed by atoms with Crippen LogP contribution in [0.5, 0.6) is 0 Å². The second-order valence-electron chi connectivity index (χ2n) is 4.54. The Balaban J connectivity index is 1.77. The first-order valence-corrected chi connectivity index (χ1v) is 7.62. The van der Waals surface area contributed by atoms with E-state index >= 15 is 0 Å². The maximum atomic E-state index is 13.5. The second kappa shape index (κ2) is 5.11. The first kappa shape index (κ1) is 12.3. The van der Waals surface area contributed by atoms with E-state index in [0.29, 0.717) is 4.47 Å². The fourth-order valence-corrected chi connectivity index (χ4v) is 3.63. The van der Waals surface area contributed by atoms with Crippen molar-refractivity contribution in [2.75, 3.05) is 6.54 Å². The Kier molecular flexibility index (Phi) is 3.50. The van der Waals surface area contributed by atoms with Crippen molar-refractivity contribution in [1.82, 2.24) is 4.90 Å². The van der Waals surface area contributed by atoms with Gasteiger partial charge in [0.2, 0.25) is 0 Å². The normalized spacial score (nSPS) is 15.7. The molecule has 2 heterocycles. The summed E-state index contributed by atoms with van der Waals surface area (Å²) in [5.74, 6) is -0.180. The standard InChI is InChI=1S/C14H13BrFNS/c15-14-11(2-1-3-12(14)16)9-17-6-4-13-10(8-17)5-7-18-13/h1-3,5,7H,4,6,8-9H2. The molecule has 1 nitrogen and oxygen atoms in total. The highest BCUT2D eigenvalue weighted by atomic mass is 79.9. The Morgan fingerprint density at radius 3 is 3.11 bits per heavy atom. The molecule has 0 aliphatic carbocycles. The Hall–Kier alpha value is -0.710. The lowest BCUT2D eigenvalue weighted by Gasteiger charge is -2.27. The summed E-state index contributed by atoms with van der Waals surface area (Å²) < 4.78 is 14.1. The van der Waals surface area contributed by atoms with Crippen LogP contribution in [0.2, 0.25) is 0 Å². The highest BCUT2D eigenvalue weighted by Crippen LogP contribution is 2.27. The average molecular weight is 326 g/mol. The fourth-order valence-electron chi connectivity index (χ4n) is 2.35. The van der Waals surface area contributed by atoms with E-state index < -0.39 is 0 Å². The topological polar surface area (TPSA) is 3.24 Å². The fraction of sp³-hybridized carbons (Fsp3) is 0.286. The van der Waals surface area contributed by atoms with Crippen LogP contribution < -0.4 is 0 Å². The van der Waals surface area contributed by atoms with Crippen molar-refractivity contribution < 1.29 is 4.39 Å². The number of thiophene rings is 1. The Morgan fingerprint density at radius 2 is 2.22 bits per heavy atom. The van der Waals surface area contributed by atoms with Crippen LogP contribution in [0.1, 0.15) is 16.0 Å². The van der Waals surface area contributed by atoms with Gasteiger partial charge in [-0.15, -0.1) is 11.3 Å². The molecule has 0 spiro atoms. The van der Waals surface area contributed by atoms with Crippen LogP contribution in [-0.2, 0) is 19.5 Å². The number of halogens is 2. The second-order valence-corrected chi connectivity index (χ2v) is 6.34. The van der Waals surface area contributed by atoms with Crippen LogP contribution in [0.15, 0.2) is 34.1 Å². The van der Waals surface area contributed by atoms with Crippen molar-refractivity contribution in [3.8, 4) is 0 Å². The number of rotatable bonds is 2. The number of benzene rings is 1.